The Hall–Kier alpha value is -2.09. The van der Waals surface area contributed by atoms with E-state index in [1.165, 1.54) is 16.6 Å². The third-order valence-corrected chi connectivity index (χ3v) is 3.89. The van der Waals surface area contributed by atoms with Crippen LogP contribution < -0.4 is 0 Å². The zero-order chi connectivity index (χ0) is 11.9. The Morgan fingerprint density at radius 1 is 1.06 bits per heavy atom. The molecule has 0 bridgehead atoms. The average Bonchev–Trinajstić information content (AvgIpc) is 3.02. The van der Waals surface area contributed by atoms with Gasteiger partial charge in [-0.05, 0) is 17.5 Å². The average molecular weight is 234 g/mol. The van der Waals surface area contributed by atoms with Crippen LogP contribution in [0.15, 0.2) is 59.6 Å². The molecule has 2 aromatic rings. The smallest absolute Gasteiger partial charge is 0.0751 e. The van der Waals surface area contributed by atoms with E-state index in [9.17, 15) is 0 Å². The van der Waals surface area contributed by atoms with Gasteiger partial charge in [0, 0.05) is 29.3 Å². The van der Waals surface area contributed by atoms with Crippen LogP contribution in [0, 0.1) is 5.92 Å². The first-order valence-corrected chi connectivity index (χ1v) is 6.38. The van der Waals surface area contributed by atoms with Crippen LogP contribution in [-0.2, 0) is 0 Å². The number of fused-ring (bicyclic) bond motifs is 2. The van der Waals surface area contributed by atoms with Gasteiger partial charge in [0.05, 0.1) is 6.04 Å². The third kappa shape index (κ3) is 1.39. The maximum Gasteiger partial charge on any atom is 0.0751 e. The SMILES string of the molecule is C1=CC2N=CC(c3cc4ccccc4[nH]3)C2C=C1. The fourth-order valence-corrected chi connectivity index (χ4v) is 2.95. The minimum absolute atomic E-state index is 0.325. The van der Waals surface area contributed by atoms with Crippen LogP contribution in [0.1, 0.15) is 11.6 Å². The van der Waals surface area contributed by atoms with E-state index in [1.807, 2.05) is 0 Å². The summed E-state index contributed by atoms with van der Waals surface area (Å²) in [5.41, 5.74) is 2.48. The molecule has 3 atom stereocenters. The number of aromatic amines is 1. The molecule has 2 aliphatic rings. The summed E-state index contributed by atoms with van der Waals surface area (Å²) < 4.78 is 0. The molecule has 0 spiro atoms. The highest BCUT2D eigenvalue weighted by Gasteiger charge is 2.32. The monoisotopic (exact) mass is 234 g/mol. The van der Waals surface area contributed by atoms with Crippen LogP contribution in [0.25, 0.3) is 10.9 Å². The Morgan fingerprint density at radius 2 is 1.94 bits per heavy atom. The number of aromatic nitrogens is 1. The van der Waals surface area contributed by atoms with Crippen molar-refractivity contribution in [1.82, 2.24) is 4.98 Å². The highest BCUT2D eigenvalue weighted by Crippen LogP contribution is 2.36. The van der Waals surface area contributed by atoms with Gasteiger partial charge in [0.15, 0.2) is 0 Å². The van der Waals surface area contributed by atoms with Crippen LogP contribution in [-0.4, -0.2) is 17.2 Å². The lowest BCUT2D eigenvalue weighted by atomic mass is 9.85. The second-order valence-electron chi connectivity index (χ2n) is 4.97. The largest absolute Gasteiger partial charge is 0.358 e. The highest BCUT2D eigenvalue weighted by molar-refractivity contribution is 5.83. The second-order valence-corrected chi connectivity index (χ2v) is 4.97. The zero-order valence-corrected chi connectivity index (χ0v) is 9.95. The Bertz CT molecular complexity index is 642. The predicted molar refractivity (Wildman–Crippen MR) is 75.1 cm³/mol. The number of para-hydroxylation sites is 1. The molecule has 1 aromatic heterocycles. The fourth-order valence-electron chi connectivity index (χ4n) is 2.95. The van der Waals surface area contributed by atoms with Gasteiger partial charge in [0.25, 0.3) is 0 Å². The number of benzene rings is 1. The lowest BCUT2D eigenvalue weighted by Crippen LogP contribution is -2.17. The number of H-pyrrole nitrogens is 1. The van der Waals surface area contributed by atoms with E-state index in [1.54, 1.807) is 0 Å². The van der Waals surface area contributed by atoms with Gasteiger partial charge in [-0.3, -0.25) is 4.99 Å². The maximum atomic E-state index is 4.60. The van der Waals surface area contributed by atoms with E-state index in [-0.39, 0.29) is 0 Å². The fraction of sp³-hybridized carbons (Fsp3) is 0.188. The van der Waals surface area contributed by atoms with Gasteiger partial charge in [-0.15, -0.1) is 0 Å². The normalized spacial score (nSPS) is 29.0. The van der Waals surface area contributed by atoms with E-state index < -0.39 is 0 Å². The van der Waals surface area contributed by atoms with Crippen molar-refractivity contribution in [3.63, 3.8) is 0 Å². The molecular weight excluding hydrogens is 220 g/mol. The minimum atomic E-state index is 0.325. The van der Waals surface area contributed by atoms with Gasteiger partial charge in [-0.25, -0.2) is 0 Å². The lowest BCUT2D eigenvalue weighted by molar-refractivity contribution is 0.578. The molecule has 2 heteroatoms. The summed E-state index contributed by atoms with van der Waals surface area (Å²) in [7, 11) is 0. The summed E-state index contributed by atoms with van der Waals surface area (Å²) >= 11 is 0. The first kappa shape index (κ1) is 9.89. The topological polar surface area (TPSA) is 28.1 Å². The molecule has 4 rings (SSSR count). The lowest BCUT2D eigenvalue weighted by Gasteiger charge is -2.19. The van der Waals surface area contributed by atoms with E-state index in [2.05, 4.69) is 70.8 Å². The van der Waals surface area contributed by atoms with Gasteiger partial charge in [-0.2, -0.15) is 0 Å². The van der Waals surface area contributed by atoms with Crippen molar-refractivity contribution >= 4 is 17.1 Å². The first-order valence-electron chi connectivity index (χ1n) is 6.38. The van der Waals surface area contributed by atoms with Crippen molar-refractivity contribution in [2.45, 2.75) is 12.0 Å². The molecule has 88 valence electrons. The summed E-state index contributed by atoms with van der Waals surface area (Å²) in [5.74, 6) is 0.853. The number of nitrogens with zero attached hydrogens (tertiary/aromatic N) is 1. The molecule has 2 nitrogen and oxygen atoms in total. The van der Waals surface area contributed by atoms with Gasteiger partial charge in [0.1, 0.15) is 0 Å². The summed E-state index contributed by atoms with van der Waals surface area (Å²) in [6, 6.07) is 11.0. The van der Waals surface area contributed by atoms with Crippen molar-refractivity contribution in [2.24, 2.45) is 10.9 Å². The van der Waals surface area contributed by atoms with Crippen molar-refractivity contribution in [3.8, 4) is 0 Å². The molecule has 0 saturated carbocycles. The standard InChI is InChI=1S/C16H14N2/c1-3-7-14-11(5-1)9-16(18-14)13-10-17-15-8-4-2-6-12(13)15/h1-10,12-13,15,18H. The van der Waals surface area contributed by atoms with E-state index >= 15 is 0 Å². The molecule has 1 aliphatic carbocycles. The van der Waals surface area contributed by atoms with Crippen molar-refractivity contribution < 1.29 is 0 Å². The molecule has 3 unspecified atom stereocenters. The number of rotatable bonds is 1. The van der Waals surface area contributed by atoms with Crippen LogP contribution in [0.4, 0.5) is 0 Å². The number of hydrogen-bond donors (Lipinski definition) is 1. The molecule has 1 aliphatic heterocycles. The van der Waals surface area contributed by atoms with E-state index in [0.717, 1.165) is 0 Å². The Kier molecular flexibility index (Phi) is 2.04. The number of allylic oxidation sites excluding steroid dienone is 2. The third-order valence-electron chi connectivity index (χ3n) is 3.89. The number of hydrogen-bond acceptors (Lipinski definition) is 1. The summed E-state index contributed by atoms with van der Waals surface area (Å²) in [4.78, 5) is 8.12. The molecule has 0 fully saturated rings. The quantitative estimate of drug-likeness (QED) is 0.783. The molecule has 1 aromatic carbocycles. The molecule has 18 heavy (non-hydrogen) atoms. The van der Waals surface area contributed by atoms with Crippen LogP contribution >= 0.6 is 0 Å². The van der Waals surface area contributed by atoms with Crippen LogP contribution in [0.2, 0.25) is 0 Å². The Balaban J connectivity index is 1.77. The summed E-state index contributed by atoms with van der Waals surface area (Å²) in [6.45, 7) is 0. The van der Waals surface area contributed by atoms with E-state index in [0.29, 0.717) is 17.9 Å². The van der Waals surface area contributed by atoms with Gasteiger partial charge in [-0.1, -0.05) is 42.5 Å². The molecule has 0 saturated heterocycles. The highest BCUT2D eigenvalue weighted by atomic mass is 14.9. The van der Waals surface area contributed by atoms with Crippen molar-refractivity contribution in [1.29, 1.82) is 0 Å². The molecular formula is C16H14N2. The van der Waals surface area contributed by atoms with Gasteiger partial charge in [0.2, 0.25) is 0 Å². The predicted octanol–water partition coefficient (Wildman–Crippen LogP) is 3.45. The first-order chi connectivity index (χ1) is 8.92. The minimum Gasteiger partial charge on any atom is -0.358 e. The summed E-state index contributed by atoms with van der Waals surface area (Å²) in [5, 5.41) is 1.28. The van der Waals surface area contributed by atoms with Gasteiger partial charge >= 0.3 is 0 Å². The van der Waals surface area contributed by atoms with Crippen LogP contribution in [0.5, 0.6) is 0 Å². The molecule has 0 amide bonds. The molecule has 2 heterocycles. The van der Waals surface area contributed by atoms with Crippen molar-refractivity contribution in [2.75, 3.05) is 0 Å². The number of aliphatic imine (C=N–C) groups is 1. The zero-order valence-electron chi connectivity index (χ0n) is 9.95. The van der Waals surface area contributed by atoms with E-state index in [4.69, 9.17) is 0 Å². The number of nitrogens with one attached hydrogen (secondary N) is 1. The maximum absolute atomic E-state index is 4.60. The Labute approximate surface area is 106 Å². The molecule has 0 radical (unpaired) electrons. The molecule has 1 N–H and O–H groups in total. The second kappa shape index (κ2) is 3.70. The summed E-state index contributed by atoms with van der Waals surface area (Å²) in [6.07, 6.45) is 10.8. The van der Waals surface area contributed by atoms with Crippen molar-refractivity contribution in [3.05, 3.63) is 60.3 Å². The Morgan fingerprint density at radius 3 is 2.89 bits per heavy atom. The van der Waals surface area contributed by atoms with Crippen LogP contribution in [0.3, 0.4) is 0 Å². The van der Waals surface area contributed by atoms with Gasteiger partial charge < -0.3 is 4.98 Å².